The maximum atomic E-state index is 12.5. The van der Waals surface area contributed by atoms with E-state index in [4.69, 9.17) is 0 Å². The molecule has 0 spiro atoms. The Balaban J connectivity index is 2.00. The number of nitrogens with one attached hydrogen (secondary N) is 2. The molecule has 0 aliphatic carbocycles. The fourth-order valence-corrected chi connectivity index (χ4v) is 2.73. The van der Waals surface area contributed by atoms with Gasteiger partial charge in [-0.25, -0.2) is 13.1 Å². The summed E-state index contributed by atoms with van der Waals surface area (Å²) in [5.41, 5.74) is -0.0805. The third-order valence-electron chi connectivity index (χ3n) is 3.43. The van der Waals surface area contributed by atoms with Crippen molar-refractivity contribution in [2.75, 3.05) is 7.05 Å². The molecular formula is C16H15F3N2O3S. The van der Waals surface area contributed by atoms with Gasteiger partial charge in [0.05, 0.1) is 10.5 Å². The number of rotatable bonds is 5. The van der Waals surface area contributed by atoms with Crippen molar-refractivity contribution in [2.24, 2.45) is 0 Å². The highest BCUT2D eigenvalue weighted by atomic mass is 32.2. The molecule has 2 aromatic rings. The number of halogens is 3. The predicted octanol–water partition coefficient (Wildman–Crippen LogP) is 2.54. The van der Waals surface area contributed by atoms with Crippen LogP contribution in [0, 0.1) is 0 Å². The topological polar surface area (TPSA) is 75.3 Å². The van der Waals surface area contributed by atoms with Crippen molar-refractivity contribution in [2.45, 2.75) is 17.6 Å². The quantitative estimate of drug-likeness (QED) is 0.847. The summed E-state index contributed by atoms with van der Waals surface area (Å²) in [5, 5.41) is 2.56. The molecule has 0 unspecified atom stereocenters. The molecule has 5 nitrogen and oxygen atoms in total. The highest BCUT2D eigenvalue weighted by molar-refractivity contribution is 7.89. The Hall–Kier alpha value is -2.39. The summed E-state index contributed by atoms with van der Waals surface area (Å²) in [6.07, 6.45) is -4.45. The van der Waals surface area contributed by atoms with Crippen LogP contribution in [0.3, 0.4) is 0 Å². The summed E-state index contributed by atoms with van der Waals surface area (Å²) < 4.78 is 62.8. The van der Waals surface area contributed by atoms with Gasteiger partial charge in [-0.05, 0) is 49.0 Å². The van der Waals surface area contributed by atoms with Gasteiger partial charge in [-0.15, -0.1) is 0 Å². The molecule has 1 amide bonds. The molecule has 0 atom stereocenters. The zero-order chi connectivity index (χ0) is 18.7. The minimum atomic E-state index is -4.45. The number of benzene rings is 2. The molecule has 0 fully saturated rings. The van der Waals surface area contributed by atoms with Gasteiger partial charge in [-0.3, -0.25) is 4.79 Å². The first kappa shape index (κ1) is 18.9. The number of hydrogen-bond acceptors (Lipinski definition) is 3. The van der Waals surface area contributed by atoms with Gasteiger partial charge >= 0.3 is 6.18 Å². The Kier molecular flexibility index (Phi) is 5.48. The van der Waals surface area contributed by atoms with Gasteiger partial charge < -0.3 is 5.32 Å². The third kappa shape index (κ3) is 4.80. The van der Waals surface area contributed by atoms with E-state index >= 15 is 0 Å². The first-order valence-corrected chi connectivity index (χ1v) is 8.60. The van der Waals surface area contributed by atoms with Crippen molar-refractivity contribution in [3.05, 3.63) is 65.2 Å². The van der Waals surface area contributed by atoms with Gasteiger partial charge in [0.2, 0.25) is 10.0 Å². The van der Waals surface area contributed by atoms with E-state index in [0.29, 0.717) is 5.56 Å². The van der Waals surface area contributed by atoms with Gasteiger partial charge in [0, 0.05) is 12.1 Å². The van der Waals surface area contributed by atoms with E-state index < -0.39 is 27.7 Å². The molecule has 0 bridgehead atoms. The maximum Gasteiger partial charge on any atom is 0.416 e. The number of alkyl halides is 3. The van der Waals surface area contributed by atoms with Crippen LogP contribution in [0.15, 0.2) is 53.4 Å². The smallest absolute Gasteiger partial charge is 0.348 e. The van der Waals surface area contributed by atoms with E-state index in [-0.39, 0.29) is 17.0 Å². The molecule has 0 heterocycles. The first-order chi connectivity index (χ1) is 11.6. The van der Waals surface area contributed by atoms with Gasteiger partial charge in [0.25, 0.3) is 5.91 Å². The Labute approximate surface area is 142 Å². The van der Waals surface area contributed by atoms with Gasteiger partial charge in [-0.1, -0.05) is 12.1 Å². The summed E-state index contributed by atoms with van der Waals surface area (Å²) in [7, 11) is -2.24. The summed E-state index contributed by atoms with van der Waals surface area (Å²) in [6.45, 7) is 0.111. The van der Waals surface area contributed by atoms with Crippen LogP contribution in [-0.2, 0) is 22.7 Å². The predicted molar refractivity (Wildman–Crippen MR) is 85.3 cm³/mol. The maximum absolute atomic E-state index is 12.5. The molecular weight excluding hydrogens is 357 g/mol. The monoisotopic (exact) mass is 372 g/mol. The standard InChI is InChI=1S/C16H15F3N2O3S/c1-20-25(23,24)14-8-2-11(3-9-14)10-21-15(22)12-4-6-13(7-5-12)16(17,18)19/h2-9,20H,10H2,1H3,(H,21,22). The Morgan fingerprint density at radius 1 is 1.00 bits per heavy atom. The van der Waals surface area contributed by atoms with Crippen LogP contribution in [0.1, 0.15) is 21.5 Å². The van der Waals surface area contributed by atoms with E-state index in [0.717, 1.165) is 24.3 Å². The largest absolute Gasteiger partial charge is 0.416 e. The lowest BCUT2D eigenvalue weighted by atomic mass is 10.1. The minimum absolute atomic E-state index is 0.0906. The lowest BCUT2D eigenvalue weighted by Crippen LogP contribution is -2.23. The Bertz CT molecular complexity index is 846. The molecule has 0 radical (unpaired) electrons. The fourth-order valence-electron chi connectivity index (χ4n) is 2.00. The van der Waals surface area contributed by atoms with Gasteiger partial charge in [0.1, 0.15) is 0 Å². The van der Waals surface area contributed by atoms with Crippen LogP contribution >= 0.6 is 0 Å². The number of carbonyl (C=O) groups excluding carboxylic acids is 1. The lowest BCUT2D eigenvalue weighted by Gasteiger charge is -2.09. The lowest BCUT2D eigenvalue weighted by molar-refractivity contribution is -0.137. The van der Waals surface area contributed by atoms with Crippen molar-refractivity contribution in [3.63, 3.8) is 0 Å². The van der Waals surface area contributed by atoms with Crippen molar-refractivity contribution in [1.29, 1.82) is 0 Å². The van der Waals surface area contributed by atoms with Crippen LogP contribution in [0.4, 0.5) is 13.2 Å². The highest BCUT2D eigenvalue weighted by Gasteiger charge is 2.30. The van der Waals surface area contributed by atoms with Crippen LogP contribution in [0.5, 0.6) is 0 Å². The molecule has 25 heavy (non-hydrogen) atoms. The van der Waals surface area contributed by atoms with Gasteiger partial charge in [-0.2, -0.15) is 13.2 Å². The number of carbonyl (C=O) groups is 1. The number of amides is 1. The molecule has 0 aliphatic heterocycles. The number of hydrogen-bond donors (Lipinski definition) is 2. The summed E-state index contributed by atoms with van der Waals surface area (Å²) in [5.74, 6) is -0.527. The van der Waals surface area contributed by atoms with Crippen molar-refractivity contribution in [3.8, 4) is 0 Å². The molecule has 2 aromatic carbocycles. The average molecular weight is 372 g/mol. The summed E-state index contributed by atoms with van der Waals surface area (Å²) in [4.78, 5) is 12.0. The molecule has 0 saturated carbocycles. The van der Waals surface area contributed by atoms with Crippen LogP contribution in [0.2, 0.25) is 0 Å². The van der Waals surface area contributed by atoms with E-state index in [9.17, 15) is 26.4 Å². The van der Waals surface area contributed by atoms with Crippen LogP contribution in [-0.4, -0.2) is 21.4 Å². The highest BCUT2D eigenvalue weighted by Crippen LogP contribution is 2.29. The molecule has 0 aliphatic rings. The van der Waals surface area contributed by atoms with Crippen LogP contribution in [0.25, 0.3) is 0 Å². The van der Waals surface area contributed by atoms with E-state index in [1.54, 1.807) is 0 Å². The summed E-state index contributed by atoms with van der Waals surface area (Å²) >= 11 is 0. The Morgan fingerprint density at radius 3 is 2.04 bits per heavy atom. The zero-order valence-electron chi connectivity index (χ0n) is 13.1. The third-order valence-corrected chi connectivity index (χ3v) is 4.86. The Morgan fingerprint density at radius 2 is 1.56 bits per heavy atom. The zero-order valence-corrected chi connectivity index (χ0v) is 13.9. The molecule has 0 aromatic heterocycles. The molecule has 2 rings (SSSR count). The molecule has 134 valence electrons. The molecule has 9 heteroatoms. The molecule has 0 saturated heterocycles. The minimum Gasteiger partial charge on any atom is -0.348 e. The van der Waals surface area contributed by atoms with Gasteiger partial charge in [0.15, 0.2) is 0 Å². The second-order valence-electron chi connectivity index (χ2n) is 5.11. The van der Waals surface area contributed by atoms with Crippen LogP contribution < -0.4 is 10.0 Å². The summed E-state index contributed by atoms with van der Waals surface area (Å²) in [6, 6.07) is 9.74. The van der Waals surface area contributed by atoms with Crippen molar-refractivity contribution >= 4 is 15.9 Å². The SMILES string of the molecule is CNS(=O)(=O)c1ccc(CNC(=O)c2ccc(C(F)(F)F)cc2)cc1. The van der Waals surface area contributed by atoms with E-state index in [1.165, 1.54) is 31.3 Å². The van der Waals surface area contributed by atoms with Crippen molar-refractivity contribution < 1.29 is 26.4 Å². The van der Waals surface area contributed by atoms with E-state index in [1.807, 2.05) is 0 Å². The average Bonchev–Trinajstić information content (AvgIpc) is 2.59. The number of sulfonamides is 1. The van der Waals surface area contributed by atoms with Crippen molar-refractivity contribution in [1.82, 2.24) is 10.0 Å². The molecule has 2 N–H and O–H groups in total. The second-order valence-corrected chi connectivity index (χ2v) is 7.00. The fraction of sp³-hybridized carbons (Fsp3) is 0.188. The van der Waals surface area contributed by atoms with E-state index in [2.05, 4.69) is 10.0 Å². The first-order valence-electron chi connectivity index (χ1n) is 7.11. The second kappa shape index (κ2) is 7.24. The normalized spacial score (nSPS) is 12.0.